The number of aliphatic hydroxyl groups is 3. The molecule has 6 aromatic heterocycles. The van der Waals surface area contributed by atoms with Gasteiger partial charge in [-0.3, -0.25) is 46.9 Å². The number of methoxy groups -OCH3 is 1. The van der Waals surface area contributed by atoms with Gasteiger partial charge in [-0.05, 0) is 6.42 Å². The Balaban J connectivity index is 0.847. The fraction of sp³-hybridized carbons (Fsp3) is 0.559. The highest BCUT2D eigenvalue weighted by Crippen LogP contribution is 2.68. The van der Waals surface area contributed by atoms with Gasteiger partial charge in [-0.2, -0.15) is 13.6 Å². The molecule has 3 aliphatic rings. The van der Waals surface area contributed by atoms with E-state index in [1.165, 1.54) is 40.5 Å². The van der Waals surface area contributed by atoms with E-state index in [2.05, 4.69) is 48.5 Å². The smallest absolute Gasteiger partial charge is 0.490 e. The second-order valence-electron chi connectivity index (χ2n) is 17.1. The number of hydrogen-bond acceptors (Lipinski definition) is 29. The zero-order valence-electron chi connectivity index (χ0n) is 39.0. The SMILES string of the molecule is COCC[C@H]1[C@@H](O)[C@H]([n+]2cn(C)c3c(=O)[nH]c(N)nc32)O[C@@H]1COP(=O)(O)OP(=O)(O)OP(=O)(O)OC[C@H]1O[C@@H](n2cnc3c(N)ncnc32)C[C@@H]1OP(=O)([O-])OC[C@H]1O[C@@H](n2cnc3c(=O)[nH]c(N)nc32)[C@H](O)[C@@H]1O. The zero-order chi connectivity index (χ0) is 54.8. The number of fused-ring (bicyclic) bond motifs is 3. The summed E-state index contributed by atoms with van der Waals surface area (Å²) in [6, 6.07) is 0. The lowest BCUT2D eigenvalue weighted by atomic mass is 9.95. The fourth-order valence-corrected chi connectivity index (χ4v) is 13.2. The number of imidazole rings is 3. The Hall–Kier alpha value is -5.11. The van der Waals surface area contributed by atoms with Crippen molar-refractivity contribution in [3.63, 3.8) is 0 Å². The van der Waals surface area contributed by atoms with Crippen molar-refractivity contribution in [3.8, 4) is 0 Å². The number of phosphoric ester groups is 3. The maximum Gasteiger partial charge on any atom is 0.490 e. The van der Waals surface area contributed by atoms with Gasteiger partial charge < -0.3 is 80.1 Å². The first kappa shape index (κ1) is 55.6. The molecule has 42 heteroatoms. The van der Waals surface area contributed by atoms with E-state index in [1.807, 2.05) is 0 Å². The zero-order valence-corrected chi connectivity index (χ0v) is 42.6. The van der Waals surface area contributed by atoms with Gasteiger partial charge in [-0.15, -0.1) is 0 Å². The van der Waals surface area contributed by atoms with Crippen molar-refractivity contribution in [2.45, 2.75) is 74.3 Å². The van der Waals surface area contributed by atoms with Crippen LogP contribution in [0.15, 0.2) is 34.9 Å². The molecular weight excluding hydrogens is 1110 g/mol. The largest absolute Gasteiger partial charge is 0.756 e. The molecular formula is C34H47N15O23P4. The number of nitrogens with zero attached hydrogens (tertiary/aromatic N) is 10. The van der Waals surface area contributed by atoms with Crippen LogP contribution >= 0.6 is 31.3 Å². The minimum absolute atomic E-state index is 0.00341. The van der Waals surface area contributed by atoms with Crippen LogP contribution in [0.2, 0.25) is 0 Å². The number of ether oxygens (including phenoxy) is 4. The molecule has 0 aromatic carbocycles. The average molecular weight is 1160 g/mol. The third kappa shape index (κ3) is 11.5. The van der Waals surface area contributed by atoms with E-state index in [4.69, 9.17) is 54.2 Å². The van der Waals surface area contributed by atoms with Crippen molar-refractivity contribution in [2.75, 3.05) is 50.7 Å². The molecule has 0 aliphatic carbocycles. The number of rotatable bonds is 21. The highest BCUT2D eigenvalue weighted by molar-refractivity contribution is 7.66. The Kier molecular flexibility index (Phi) is 15.6. The topological polar surface area (TPSA) is 545 Å². The van der Waals surface area contributed by atoms with Gasteiger partial charge in [-0.25, -0.2) is 38.2 Å². The number of aromatic amines is 2. The molecule has 15 atom stereocenters. The Morgan fingerprint density at radius 2 is 1.42 bits per heavy atom. The van der Waals surface area contributed by atoms with E-state index in [9.17, 15) is 62.7 Å². The fourth-order valence-electron chi connectivity index (χ4n) is 8.71. The summed E-state index contributed by atoms with van der Waals surface area (Å²) in [5, 5.41) is 33.0. The van der Waals surface area contributed by atoms with Crippen molar-refractivity contribution in [3.05, 3.63) is 46.0 Å². The molecule has 0 radical (unpaired) electrons. The summed E-state index contributed by atoms with van der Waals surface area (Å²) in [5.74, 6) is -1.55. The average Bonchev–Trinajstić information content (AvgIpc) is 4.19. The summed E-state index contributed by atoms with van der Waals surface area (Å²) in [4.78, 5) is 98.5. The molecule has 0 bridgehead atoms. The van der Waals surface area contributed by atoms with Crippen molar-refractivity contribution < 1.29 is 103 Å². The number of H-pyrrole nitrogens is 2. The summed E-state index contributed by atoms with van der Waals surface area (Å²) in [6.45, 7) is -3.08. The molecule has 0 spiro atoms. The van der Waals surface area contributed by atoms with Gasteiger partial charge >= 0.3 is 29.1 Å². The third-order valence-corrected chi connectivity index (χ3v) is 17.3. The number of hydrogen-bond donors (Lipinski definition) is 11. The summed E-state index contributed by atoms with van der Waals surface area (Å²) < 4.78 is 109. The quantitative estimate of drug-likeness (QED) is 0.0244. The molecule has 76 heavy (non-hydrogen) atoms. The molecule has 416 valence electrons. The van der Waals surface area contributed by atoms with Crippen LogP contribution in [0.1, 0.15) is 31.5 Å². The molecule has 9 rings (SSSR count). The van der Waals surface area contributed by atoms with E-state index in [0.717, 1.165) is 17.2 Å². The molecule has 38 nitrogen and oxygen atoms in total. The van der Waals surface area contributed by atoms with Gasteiger partial charge in [0, 0.05) is 26.1 Å². The predicted octanol–water partition coefficient (Wildman–Crippen LogP) is -3.68. The Morgan fingerprint density at radius 3 is 2.13 bits per heavy atom. The lowest BCUT2D eigenvalue weighted by Gasteiger charge is -2.29. The molecule has 0 amide bonds. The number of aliphatic hydroxyl groups excluding tert-OH is 3. The lowest BCUT2D eigenvalue weighted by molar-refractivity contribution is -0.745. The van der Waals surface area contributed by atoms with Gasteiger partial charge in [0.1, 0.15) is 48.6 Å². The Morgan fingerprint density at radius 1 is 0.776 bits per heavy atom. The van der Waals surface area contributed by atoms with Gasteiger partial charge in [0.2, 0.25) is 17.7 Å². The Labute approximate surface area is 422 Å². The van der Waals surface area contributed by atoms with Crippen LogP contribution in [-0.4, -0.2) is 160 Å². The van der Waals surface area contributed by atoms with Gasteiger partial charge in [0.15, 0.2) is 35.2 Å². The Bertz CT molecular complexity index is 3470. The highest BCUT2D eigenvalue weighted by Gasteiger charge is 2.51. The second-order valence-corrected chi connectivity index (χ2v) is 23.1. The molecule has 3 saturated heterocycles. The number of aryl methyl sites for hydroxylation is 1. The van der Waals surface area contributed by atoms with Gasteiger partial charge in [0.25, 0.3) is 24.9 Å². The first-order chi connectivity index (χ1) is 35.7. The van der Waals surface area contributed by atoms with Crippen LogP contribution < -0.4 is 37.8 Å². The number of aromatic nitrogens is 12. The summed E-state index contributed by atoms with van der Waals surface area (Å²) in [5.41, 5.74) is 15.8. The number of nitrogens with two attached hydrogens (primary N) is 3. The summed E-state index contributed by atoms with van der Waals surface area (Å²) >= 11 is 0. The predicted molar refractivity (Wildman–Crippen MR) is 245 cm³/mol. The summed E-state index contributed by atoms with van der Waals surface area (Å²) in [6.07, 6.45) is -11.0. The van der Waals surface area contributed by atoms with Crippen LogP contribution in [0.4, 0.5) is 17.7 Å². The van der Waals surface area contributed by atoms with Crippen molar-refractivity contribution >= 4 is 82.5 Å². The maximum absolute atomic E-state index is 13.4. The minimum Gasteiger partial charge on any atom is -0.756 e. The molecule has 4 unspecified atom stereocenters. The number of nitrogens with one attached hydrogen (secondary N) is 2. The standard InChI is InChI=1S/C34H47N15O23P4/c1-46-12-49(28-21(46)30(54)45-34(37)43-28)31-22(50)13(3-4-63-2)15(68-31)6-65-74(57,58)71-76(61,62)72-75(59,60)66-7-16-14(5-18(67-16)47-10-40-19-25(35)38-9-39-26(19)47)70-73(55,56)64-8-17-23(51)24(52)32(69-17)48-11-41-20-27(48)42-33(36)44-29(20)53/h9-18,22-24,31-32,50-52H,3-8H2,1-2H3,(H11-,35,36,37,38,39,42,43,44,45,53,54,55,56,57,58,59,60,61,62)/t13-,14+,15-,16-,17-,18-,22-,23-,24-,31-,32-/m1/s1. The van der Waals surface area contributed by atoms with E-state index in [-0.39, 0.29) is 64.2 Å². The van der Waals surface area contributed by atoms with Crippen LogP contribution in [0.5, 0.6) is 0 Å². The molecule has 3 fully saturated rings. The second kappa shape index (κ2) is 21.3. The summed E-state index contributed by atoms with van der Waals surface area (Å²) in [7, 11) is -20.5. The lowest BCUT2D eigenvalue weighted by Crippen LogP contribution is -2.45. The molecule has 9 heterocycles. The van der Waals surface area contributed by atoms with E-state index >= 15 is 0 Å². The number of phosphoric acid groups is 4. The first-order valence-electron chi connectivity index (χ1n) is 22.0. The third-order valence-electron chi connectivity index (χ3n) is 12.1. The van der Waals surface area contributed by atoms with E-state index in [1.54, 1.807) is 0 Å². The highest BCUT2D eigenvalue weighted by atomic mass is 31.3. The van der Waals surface area contributed by atoms with Crippen molar-refractivity contribution in [2.24, 2.45) is 13.0 Å². The van der Waals surface area contributed by atoms with Crippen molar-refractivity contribution in [1.29, 1.82) is 0 Å². The normalized spacial score (nSPS) is 29.2. The van der Waals surface area contributed by atoms with Gasteiger partial charge in [-0.1, -0.05) is 4.98 Å². The molecule has 3 aliphatic heterocycles. The van der Waals surface area contributed by atoms with Gasteiger partial charge in [0.05, 0.1) is 51.7 Å². The molecule has 6 aromatic rings. The first-order valence-corrected chi connectivity index (χ1v) is 27.9. The number of nitrogen functional groups attached to an aromatic ring is 3. The van der Waals surface area contributed by atoms with E-state index in [0.29, 0.717) is 0 Å². The van der Waals surface area contributed by atoms with Crippen LogP contribution in [0.3, 0.4) is 0 Å². The van der Waals surface area contributed by atoms with Crippen molar-refractivity contribution in [1.82, 2.24) is 53.6 Å². The van der Waals surface area contributed by atoms with E-state index < -0.39 is 136 Å². The molecule has 0 saturated carbocycles. The van der Waals surface area contributed by atoms with Crippen LogP contribution in [0.25, 0.3) is 33.5 Å². The minimum atomic E-state index is -6.15. The van der Waals surface area contributed by atoms with Crippen LogP contribution in [0, 0.1) is 5.92 Å². The number of anilines is 3. The maximum atomic E-state index is 13.4. The molecule has 14 N–H and O–H groups in total. The monoisotopic (exact) mass is 1160 g/mol. The van der Waals surface area contributed by atoms with Crippen LogP contribution in [-0.2, 0) is 71.0 Å².